The van der Waals surface area contributed by atoms with E-state index in [1.165, 1.54) is 17.7 Å². The number of benzene rings is 2. The molecule has 0 fully saturated rings. The summed E-state index contributed by atoms with van der Waals surface area (Å²) in [6.45, 7) is 0. The number of halogens is 2. The molecule has 2 aromatic carbocycles. The largest absolute Gasteiger partial charge is 0.480 e. The molecule has 3 aromatic rings. The standard InChI is InChI=1S/C29H29Cl2N3O4/c30-23-7-2-8-24(31)26(23)28(36)34-25(29(37)38)17-19-11-9-18(10-12-19)16-22(35)14-13-21-6-1-4-20-5-3-15-32-27(20)33-21/h2-3,5,7-12,15,21,25H,1,4,6,13-14,16-17H2,(H,32,33)(H,34,36)(H,37,38)/t21?,25-/m0/s1. The summed E-state index contributed by atoms with van der Waals surface area (Å²) in [5.74, 6) is -0.760. The first-order valence-electron chi connectivity index (χ1n) is 12.6. The molecule has 0 saturated heterocycles. The van der Waals surface area contributed by atoms with Gasteiger partial charge in [-0.15, -0.1) is 0 Å². The number of rotatable bonds is 10. The van der Waals surface area contributed by atoms with Crippen molar-refractivity contribution in [1.29, 1.82) is 0 Å². The average Bonchev–Trinajstić information content (AvgIpc) is 3.10. The Labute approximate surface area is 231 Å². The van der Waals surface area contributed by atoms with Crippen LogP contribution >= 0.6 is 23.2 Å². The predicted octanol–water partition coefficient (Wildman–Crippen LogP) is 5.52. The second-order valence-electron chi connectivity index (χ2n) is 9.48. The van der Waals surface area contributed by atoms with E-state index in [1.807, 2.05) is 18.2 Å². The molecule has 4 rings (SSSR count). The van der Waals surface area contributed by atoms with Crippen molar-refractivity contribution < 1.29 is 19.5 Å². The van der Waals surface area contributed by atoms with Crippen molar-refractivity contribution in [1.82, 2.24) is 10.3 Å². The van der Waals surface area contributed by atoms with Gasteiger partial charge in [-0.25, -0.2) is 9.78 Å². The van der Waals surface area contributed by atoms with Gasteiger partial charge in [0.1, 0.15) is 17.6 Å². The molecular formula is C29H29Cl2N3O4. The Morgan fingerprint density at radius 3 is 2.45 bits per heavy atom. The molecule has 2 heterocycles. The van der Waals surface area contributed by atoms with Crippen molar-refractivity contribution in [3.05, 3.63) is 93.1 Å². The minimum absolute atomic E-state index is 0.0375. The Hall–Kier alpha value is -3.42. The summed E-state index contributed by atoms with van der Waals surface area (Å²) >= 11 is 12.1. The van der Waals surface area contributed by atoms with Crippen LogP contribution in [0.15, 0.2) is 60.8 Å². The minimum atomic E-state index is -1.18. The van der Waals surface area contributed by atoms with Crippen LogP contribution in [0.1, 0.15) is 52.7 Å². The van der Waals surface area contributed by atoms with E-state index in [0.717, 1.165) is 37.1 Å². The maximum absolute atomic E-state index is 12.7. The number of fused-ring (bicyclic) bond motifs is 1. The maximum Gasteiger partial charge on any atom is 0.326 e. The van der Waals surface area contributed by atoms with Crippen LogP contribution in [0.2, 0.25) is 10.0 Å². The number of carboxylic acids is 1. The lowest BCUT2D eigenvalue weighted by molar-refractivity contribution is -0.139. The molecule has 1 aliphatic heterocycles. The lowest BCUT2D eigenvalue weighted by atomic mass is 9.98. The number of aryl methyl sites for hydroxylation is 1. The van der Waals surface area contributed by atoms with Gasteiger partial charge in [0.15, 0.2) is 0 Å². The number of nitrogens with zero attached hydrogens (tertiary/aromatic N) is 1. The summed E-state index contributed by atoms with van der Waals surface area (Å²) in [5.41, 5.74) is 2.83. The second-order valence-corrected chi connectivity index (χ2v) is 10.3. The SMILES string of the molecule is O=C(CCC1CCCc2cccnc2N1)Cc1ccc(C[C@H](NC(=O)c2c(Cl)cccc2Cl)C(=O)O)cc1. The van der Waals surface area contributed by atoms with Crippen LogP contribution in [-0.4, -0.2) is 39.8 Å². The number of Topliss-reactive ketones (excluding diaryl/α,β-unsaturated/α-hetero) is 1. The molecule has 1 aliphatic rings. The van der Waals surface area contributed by atoms with Crippen molar-refractivity contribution in [2.24, 2.45) is 0 Å². The van der Waals surface area contributed by atoms with E-state index in [9.17, 15) is 19.5 Å². The van der Waals surface area contributed by atoms with Crippen LogP contribution in [0.25, 0.3) is 0 Å². The third kappa shape index (κ3) is 7.33. The predicted molar refractivity (Wildman–Crippen MR) is 148 cm³/mol. The summed E-state index contributed by atoms with van der Waals surface area (Å²) in [6, 6.07) is 14.9. The number of carbonyl (C=O) groups excluding carboxylic acids is 2. The average molecular weight is 554 g/mol. The molecule has 198 valence electrons. The number of aromatic nitrogens is 1. The number of aliphatic carboxylic acids is 1. The molecular weight excluding hydrogens is 525 g/mol. The van der Waals surface area contributed by atoms with Crippen molar-refractivity contribution in [2.75, 3.05) is 5.32 Å². The Morgan fingerprint density at radius 1 is 1.03 bits per heavy atom. The topological polar surface area (TPSA) is 108 Å². The number of hydrogen-bond acceptors (Lipinski definition) is 5. The van der Waals surface area contributed by atoms with Gasteiger partial charge in [-0.05, 0) is 60.6 Å². The lowest BCUT2D eigenvalue weighted by Gasteiger charge is -2.17. The Bertz CT molecular complexity index is 1290. The summed E-state index contributed by atoms with van der Waals surface area (Å²) < 4.78 is 0. The smallest absolute Gasteiger partial charge is 0.326 e. The Kier molecular flexibility index (Phi) is 9.37. The molecule has 7 nitrogen and oxygen atoms in total. The van der Waals surface area contributed by atoms with E-state index in [1.54, 1.807) is 24.4 Å². The van der Waals surface area contributed by atoms with Gasteiger partial charge >= 0.3 is 5.97 Å². The number of anilines is 1. The molecule has 38 heavy (non-hydrogen) atoms. The third-order valence-corrected chi connectivity index (χ3v) is 7.29. The number of nitrogens with one attached hydrogen (secondary N) is 2. The quantitative estimate of drug-likeness (QED) is 0.305. The number of pyridine rings is 1. The number of hydrogen-bond donors (Lipinski definition) is 3. The molecule has 2 atom stereocenters. The van der Waals surface area contributed by atoms with Crippen LogP contribution in [0.4, 0.5) is 5.82 Å². The van der Waals surface area contributed by atoms with Gasteiger partial charge in [0.2, 0.25) is 0 Å². The second kappa shape index (κ2) is 12.9. The van der Waals surface area contributed by atoms with Crippen molar-refractivity contribution in [3.8, 4) is 0 Å². The fraction of sp³-hybridized carbons (Fsp3) is 0.310. The minimum Gasteiger partial charge on any atom is -0.480 e. The van der Waals surface area contributed by atoms with E-state index in [2.05, 4.69) is 21.7 Å². The fourth-order valence-corrected chi connectivity index (χ4v) is 5.19. The van der Waals surface area contributed by atoms with E-state index >= 15 is 0 Å². The van der Waals surface area contributed by atoms with E-state index in [0.29, 0.717) is 18.4 Å². The van der Waals surface area contributed by atoms with Gasteiger partial charge in [-0.2, -0.15) is 0 Å². The molecule has 1 aromatic heterocycles. The van der Waals surface area contributed by atoms with Crippen molar-refractivity contribution in [3.63, 3.8) is 0 Å². The van der Waals surface area contributed by atoms with Crippen molar-refractivity contribution >= 4 is 46.7 Å². The van der Waals surface area contributed by atoms with E-state index in [4.69, 9.17) is 23.2 Å². The van der Waals surface area contributed by atoms with E-state index < -0.39 is 17.9 Å². The monoisotopic (exact) mass is 553 g/mol. The lowest BCUT2D eigenvalue weighted by Crippen LogP contribution is -2.42. The number of ketones is 1. The molecule has 0 bridgehead atoms. The zero-order valence-corrected chi connectivity index (χ0v) is 22.3. The molecule has 0 saturated carbocycles. The first-order valence-corrected chi connectivity index (χ1v) is 13.3. The number of carboxylic acid groups (broad SMARTS) is 1. The van der Waals surface area contributed by atoms with E-state index in [-0.39, 0.29) is 33.9 Å². The van der Waals surface area contributed by atoms with Gasteiger partial charge in [0.25, 0.3) is 5.91 Å². The van der Waals surface area contributed by atoms with Crippen LogP contribution in [0, 0.1) is 0 Å². The molecule has 0 aliphatic carbocycles. The first kappa shape index (κ1) is 27.6. The first-order chi connectivity index (χ1) is 18.3. The summed E-state index contributed by atoms with van der Waals surface area (Å²) in [4.78, 5) is 41.5. The molecule has 3 N–H and O–H groups in total. The highest BCUT2D eigenvalue weighted by molar-refractivity contribution is 6.39. The third-order valence-electron chi connectivity index (χ3n) is 6.66. The highest BCUT2D eigenvalue weighted by Crippen LogP contribution is 2.25. The molecule has 0 radical (unpaired) electrons. The van der Waals surface area contributed by atoms with Crippen molar-refractivity contribution in [2.45, 2.75) is 57.0 Å². The number of carbonyl (C=O) groups is 3. The van der Waals surface area contributed by atoms with Gasteiger partial charge in [-0.3, -0.25) is 9.59 Å². The summed E-state index contributed by atoms with van der Waals surface area (Å²) in [5, 5.41) is 15.9. The zero-order valence-electron chi connectivity index (χ0n) is 20.8. The zero-order chi connectivity index (χ0) is 27.1. The van der Waals surface area contributed by atoms with Gasteiger partial charge in [0.05, 0.1) is 15.6 Å². The molecule has 0 spiro atoms. The fourth-order valence-electron chi connectivity index (χ4n) is 4.62. The summed E-state index contributed by atoms with van der Waals surface area (Å²) in [7, 11) is 0. The molecule has 1 amide bonds. The number of amides is 1. The van der Waals surface area contributed by atoms with Crippen LogP contribution in [-0.2, 0) is 28.9 Å². The van der Waals surface area contributed by atoms with Gasteiger partial charge in [0, 0.05) is 31.5 Å². The summed E-state index contributed by atoms with van der Waals surface area (Å²) in [6.07, 6.45) is 6.45. The van der Waals surface area contributed by atoms with Crippen LogP contribution < -0.4 is 10.6 Å². The highest BCUT2D eigenvalue weighted by Gasteiger charge is 2.24. The normalized spacial score (nSPS) is 15.5. The molecule has 9 heteroatoms. The van der Waals surface area contributed by atoms with Crippen LogP contribution in [0.5, 0.6) is 0 Å². The Morgan fingerprint density at radius 2 is 1.74 bits per heavy atom. The Balaban J connectivity index is 1.29. The molecule has 1 unspecified atom stereocenters. The van der Waals surface area contributed by atoms with Gasteiger partial charge in [-0.1, -0.05) is 59.6 Å². The highest BCUT2D eigenvalue weighted by atomic mass is 35.5. The van der Waals surface area contributed by atoms with Gasteiger partial charge < -0.3 is 15.7 Å². The van der Waals surface area contributed by atoms with Crippen LogP contribution in [0.3, 0.4) is 0 Å². The maximum atomic E-state index is 12.7.